The molecule has 6 heteroatoms. The van der Waals surface area contributed by atoms with Crippen LogP contribution in [0.4, 0.5) is 5.69 Å². The highest BCUT2D eigenvalue weighted by Crippen LogP contribution is 2.36. The van der Waals surface area contributed by atoms with E-state index in [0.29, 0.717) is 29.4 Å². The lowest BCUT2D eigenvalue weighted by molar-refractivity contribution is 0.0983. The van der Waals surface area contributed by atoms with Gasteiger partial charge in [-0.2, -0.15) is 0 Å². The number of nitrogens with zero attached hydrogens (tertiary/aromatic N) is 2. The highest BCUT2D eigenvalue weighted by Gasteiger charge is 2.28. The summed E-state index contributed by atoms with van der Waals surface area (Å²) in [5.74, 6) is 0.0327. The molecular formula is C15H16N2O3S. The van der Waals surface area contributed by atoms with Crippen LogP contribution >= 0.6 is 11.3 Å². The van der Waals surface area contributed by atoms with Gasteiger partial charge < -0.3 is 14.7 Å². The first-order valence-corrected chi connectivity index (χ1v) is 7.64. The summed E-state index contributed by atoms with van der Waals surface area (Å²) in [7, 11) is 1.58. The lowest BCUT2D eigenvalue weighted by atomic mass is 10.0. The van der Waals surface area contributed by atoms with Crippen LogP contribution in [-0.2, 0) is 17.8 Å². The molecule has 1 aliphatic heterocycles. The van der Waals surface area contributed by atoms with E-state index in [2.05, 4.69) is 4.98 Å². The second-order valence-electron chi connectivity index (χ2n) is 4.91. The van der Waals surface area contributed by atoms with E-state index in [1.165, 1.54) is 11.3 Å². The molecule has 0 radical (unpaired) electrons. The van der Waals surface area contributed by atoms with E-state index in [9.17, 15) is 9.90 Å². The molecule has 0 saturated carbocycles. The van der Waals surface area contributed by atoms with Crippen molar-refractivity contribution in [3.05, 3.63) is 39.8 Å². The van der Waals surface area contributed by atoms with Crippen molar-refractivity contribution in [3.63, 3.8) is 0 Å². The number of carbonyl (C=O) groups excluding carboxylic acids is 1. The Bertz CT molecular complexity index is 669. The van der Waals surface area contributed by atoms with Crippen LogP contribution in [0.25, 0.3) is 0 Å². The molecule has 2 heterocycles. The van der Waals surface area contributed by atoms with E-state index < -0.39 is 0 Å². The number of phenols is 1. The number of ether oxygens (including phenoxy) is 1. The number of rotatable bonds is 3. The van der Waals surface area contributed by atoms with Crippen LogP contribution in [0.5, 0.6) is 5.75 Å². The second kappa shape index (κ2) is 5.83. The maximum Gasteiger partial charge on any atom is 0.270 e. The Morgan fingerprint density at radius 3 is 3.19 bits per heavy atom. The minimum Gasteiger partial charge on any atom is -0.506 e. The lowest BCUT2D eigenvalue weighted by Crippen LogP contribution is -2.35. The topological polar surface area (TPSA) is 62.7 Å². The smallest absolute Gasteiger partial charge is 0.270 e. The third-order valence-corrected chi connectivity index (χ3v) is 4.41. The van der Waals surface area contributed by atoms with Crippen molar-refractivity contribution < 1.29 is 14.6 Å². The van der Waals surface area contributed by atoms with Gasteiger partial charge in [-0.15, -0.1) is 11.3 Å². The van der Waals surface area contributed by atoms with E-state index in [0.717, 1.165) is 18.4 Å². The van der Waals surface area contributed by atoms with Gasteiger partial charge in [0.1, 0.15) is 10.6 Å². The van der Waals surface area contributed by atoms with Crippen molar-refractivity contribution in [2.45, 2.75) is 19.4 Å². The second-order valence-corrected chi connectivity index (χ2v) is 5.76. The summed E-state index contributed by atoms with van der Waals surface area (Å²) in [6, 6.07) is 5.38. The zero-order valence-electron chi connectivity index (χ0n) is 11.7. The van der Waals surface area contributed by atoms with Crippen LogP contribution in [-0.4, -0.2) is 29.7 Å². The molecule has 1 aromatic heterocycles. The van der Waals surface area contributed by atoms with Gasteiger partial charge in [0.05, 0.1) is 23.5 Å². The minimum absolute atomic E-state index is 0.119. The summed E-state index contributed by atoms with van der Waals surface area (Å²) in [5, 5.41) is 10.1. The van der Waals surface area contributed by atoms with Gasteiger partial charge in [-0.05, 0) is 24.5 Å². The molecule has 3 rings (SSSR count). The molecule has 0 atom stereocenters. The number of aryl methyl sites for hydroxylation is 1. The first-order chi connectivity index (χ1) is 10.2. The number of fused-ring (bicyclic) bond motifs is 1. The molecule has 1 aliphatic rings. The summed E-state index contributed by atoms with van der Waals surface area (Å²) in [6.45, 7) is 0.916. The number of hydrogen-bond acceptors (Lipinski definition) is 5. The predicted molar refractivity (Wildman–Crippen MR) is 80.9 cm³/mol. The van der Waals surface area contributed by atoms with Crippen molar-refractivity contribution in [2.75, 3.05) is 18.6 Å². The van der Waals surface area contributed by atoms with E-state index in [1.807, 2.05) is 12.1 Å². The first kappa shape index (κ1) is 14.0. The Morgan fingerprint density at radius 1 is 1.52 bits per heavy atom. The molecule has 2 aromatic rings. The fourth-order valence-corrected chi connectivity index (χ4v) is 3.38. The van der Waals surface area contributed by atoms with Gasteiger partial charge >= 0.3 is 0 Å². The van der Waals surface area contributed by atoms with Crippen molar-refractivity contribution in [2.24, 2.45) is 0 Å². The summed E-state index contributed by atoms with van der Waals surface area (Å²) < 4.78 is 5.08. The van der Waals surface area contributed by atoms with Crippen LogP contribution in [0.2, 0.25) is 0 Å². The van der Waals surface area contributed by atoms with Crippen LogP contribution in [0.1, 0.15) is 27.3 Å². The third kappa shape index (κ3) is 2.52. The Kier molecular flexibility index (Phi) is 3.90. The normalized spacial score (nSPS) is 14.0. The maximum absolute atomic E-state index is 12.8. The van der Waals surface area contributed by atoms with Crippen LogP contribution in [0, 0.1) is 0 Å². The zero-order valence-corrected chi connectivity index (χ0v) is 12.5. The van der Waals surface area contributed by atoms with Crippen molar-refractivity contribution in [1.29, 1.82) is 0 Å². The molecule has 1 N–H and O–H groups in total. The Morgan fingerprint density at radius 2 is 2.38 bits per heavy atom. The van der Waals surface area contributed by atoms with Crippen LogP contribution < -0.4 is 4.90 Å². The van der Waals surface area contributed by atoms with Crippen molar-refractivity contribution in [3.8, 4) is 5.75 Å². The van der Waals surface area contributed by atoms with Crippen LogP contribution in [0.15, 0.2) is 23.7 Å². The average Bonchev–Trinajstić information content (AvgIpc) is 2.95. The van der Waals surface area contributed by atoms with Gasteiger partial charge in [-0.1, -0.05) is 12.1 Å². The number of benzene rings is 1. The van der Waals surface area contributed by atoms with Gasteiger partial charge in [0.15, 0.2) is 0 Å². The molecule has 0 spiro atoms. The molecule has 0 saturated heterocycles. The van der Waals surface area contributed by atoms with E-state index >= 15 is 0 Å². The number of aromatic nitrogens is 1. The average molecular weight is 304 g/mol. The molecule has 0 fully saturated rings. The number of phenolic OH excluding ortho intramolecular Hbond substituents is 1. The number of carbonyl (C=O) groups is 1. The predicted octanol–water partition coefficient (Wildman–Crippen LogP) is 2.59. The third-order valence-electron chi connectivity index (χ3n) is 3.56. The molecule has 1 amide bonds. The molecule has 110 valence electrons. The minimum atomic E-state index is -0.119. The fourth-order valence-electron chi connectivity index (χ4n) is 2.64. The Hall–Kier alpha value is -1.92. The number of thiazole rings is 1. The van der Waals surface area contributed by atoms with Gasteiger partial charge in [0, 0.05) is 13.7 Å². The molecular weight excluding hydrogens is 288 g/mol. The van der Waals surface area contributed by atoms with Gasteiger partial charge in [-0.25, -0.2) is 4.98 Å². The summed E-state index contributed by atoms with van der Waals surface area (Å²) >= 11 is 1.31. The lowest BCUT2D eigenvalue weighted by Gasteiger charge is -2.29. The van der Waals surface area contributed by atoms with Crippen molar-refractivity contribution in [1.82, 2.24) is 4.98 Å². The number of anilines is 1. The molecule has 1 aromatic carbocycles. The van der Waals surface area contributed by atoms with E-state index in [4.69, 9.17) is 4.74 Å². The molecule has 0 unspecified atom stereocenters. The first-order valence-electron chi connectivity index (χ1n) is 6.76. The largest absolute Gasteiger partial charge is 0.506 e. The quantitative estimate of drug-likeness (QED) is 0.946. The Labute approximate surface area is 126 Å². The summed E-state index contributed by atoms with van der Waals surface area (Å²) in [4.78, 5) is 19.2. The molecule has 0 aliphatic carbocycles. The van der Waals surface area contributed by atoms with Crippen molar-refractivity contribution >= 4 is 22.9 Å². The summed E-state index contributed by atoms with van der Waals surface area (Å²) in [5.41, 5.74) is 3.94. The SMILES string of the molecule is COCc1ncsc1C(=O)N1CCCc2cccc(O)c21. The number of methoxy groups -OCH3 is 1. The summed E-state index contributed by atoms with van der Waals surface area (Å²) in [6.07, 6.45) is 1.77. The van der Waals surface area contributed by atoms with Gasteiger partial charge in [-0.3, -0.25) is 4.79 Å². The van der Waals surface area contributed by atoms with E-state index in [1.54, 1.807) is 23.6 Å². The fraction of sp³-hybridized carbons (Fsp3) is 0.333. The number of hydrogen-bond donors (Lipinski definition) is 1. The van der Waals surface area contributed by atoms with E-state index in [-0.39, 0.29) is 11.7 Å². The van der Waals surface area contributed by atoms with Gasteiger partial charge in [0.25, 0.3) is 5.91 Å². The molecule has 0 bridgehead atoms. The monoisotopic (exact) mass is 304 g/mol. The molecule has 21 heavy (non-hydrogen) atoms. The number of aromatic hydroxyl groups is 1. The highest BCUT2D eigenvalue weighted by molar-refractivity contribution is 7.12. The molecule has 5 nitrogen and oxygen atoms in total. The Balaban J connectivity index is 1.99. The maximum atomic E-state index is 12.8. The number of para-hydroxylation sites is 1. The van der Waals surface area contributed by atoms with Crippen LogP contribution in [0.3, 0.4) is 0 Å². The zero-order chi connectivity index (χ0) is 14.8. The highest BCUT2D eigenvalue weighted by atomic mass is 32.1. The standard InChI is InChI=1S/C15H16N2O3S/c1-20-8-11-14(21-9-16-11)15(19)17-7-3-5-10-4-2-6-12(18)13(10)17/h2,4,6,9,18H,3,5,7-8H2,1H3. The van der Waals surface area contributed by atoms with Gasteiger partial charge in [0.2, 0.25) is 0 Å². The number of amides is 1.